The van der Waals surface area contributed by atoms with Crippen LogP contribution < -0.4 is 10.2 Å². The summed E-state index contributed by atoms with van der Waals surface area (Å²) in [4.78, 5) is 26.9. The molecule has 1 atom stereocenters. The first-order chi connectivity index (χ1) is 14.5. The number of nitrogens with zero attached hydrogens (tertiary/aromatic N) is 1. The average molecular weight is 421 g/mol. The molecule has 0 saturated carbocycles. The predicted molar refractivity (Wildman–Crippen MR) is 119 cm³/mol. The Morgan fingerprint density at radius 3 is 2.63 bits per heavy atom. The van der Waals surface area contributed by atoms with E-state index >= 15 is 0 Å². The minimum atomic E-state index is -0.385. The van der Waals surface area contributed by atoms with Crippen molar-refractivity contribution in [1.29, 1.82) is 0 Å². The number of amides is 2. The Morgan fingerprint density at radius 2 is 1.87 bits per heavy atom. The van der Waals surface area contributed by atoms with Crippen LogP contribution in [0.3, 0.4) is 0 Å². The molecular weight excluding hydrogens is 399 g/mol. The van der Waals surface area contributed by atoms with Gasteiger partial charge in [-0.15, -0.1) is 11.8 Å². The van der Waals surface area contributed by atoms with E-state index in [1.54, 1.807) is 17.8 Å². The van der Waals surface area contributed by atoms with Gasteiger partial charge in [0, 0.05) is 16.9 Å². The lowest BCUT2D eigenvalue weighted by Crippen LogP contribution is -2.28. The lowest BCUT2D eigenvalue weighted by Gasteiger charge is -2.25. The number of nitrogens with one attached hydrogen (secondary N) is 1. The maximum Gasteiger partial charge on any atom is 0.255 e. The average Bonchev–Trinajstić information content (AvgIpc) is 3.16. The molecule has 6 heteroatoms. The van der Waals surface area contributed by atoms with E-state index in [2.05, 4.69) is 24.4 Å². The van der Waals surface area contributed by atoms with Gasteiger partial charge in [0.1, 0.15) is 11.2 Å². The van der Waals surface area contributed by atoms with Crippen molar-refractivity contribution in [2.75, 3.05) is 16.0 Å². The molecule has 1 N–H and O–H groups in total. The quantitative estimate of drug-likeness (QED) is 0.600. The highest BCUT2D eigenvalue weighted by atomic mass is 32.2. The summed E-state index contributed by atoms with van der Waals surface area (Å²) in [5, 5.41) is 2.69. The van der Waals surface area contributed by atoms with Crippen molar-refractivity contribution in [2.24, 2.45) is 0 Å². The first-order valence-electron chi connectivity index (χ1n) is 9.74. The molecule has 0 bridgehead atoms. The Morgan fingerprint density at radius 1 is 1.10 bits per heavy atom. The van der Waals surface area contributed by atoms with Crippen LogP contribution >= 0.6 is 11.8 Å². The summed E-state index contributed by atoms with van der Waals surface area (Å²) >= 11 is 1.57. The number of carbonyl (C=O) groups excluding carboxylic acids is 2. The van der Waals surface area contributed by atoms with Gasteiger partial charge in [-0.2, -0.15) is 0 Å². The Balaban J connectivity index is 1.58. The first kappa shape index (κ1) is 20.2. The van der Waals surface area contributed by atoms with Crippen LogP contribution in [0, 0.1) is 5.82 Å². The van der Waals surface area contributed by atoms with Gasteiger partial charge in [0.25, 0.3) is 5.91 Å². The Hall–Kier alpha value is -3.12. The third-order valence-electron chi connectivity index (χ3n) is 5.00. The van der Waals surface area contributed by atoms with Crippen LogP contribution in [0.1, 0.15) is 33.8 Å². The zero-order chi connectivity index (χ0) is 21.1. The third-order valence-corrected chi connectivity index (χ3v) is 6.21. The lowest BCUT2D eigenvalue weighted by atomic mass is 10.1. The molecule has 1 heterocycles. The number of hydrogen-bond acceptors (Lipinski definition) is 3. The van der Waals surface area contributed by atoms with Crippen molar-refractivity contribution in [2.45, 2.75) is 18.7 Å². The molecule has 3 aromatic carbocycles. The lowest BCUT2D eigenvalue weighted by molar-refractivity contribution is -0.115. The highest BCUT2D eigenvalue weighted by Crippen LogP contribution is 2.42. The van der Waals surface area contributed by atoms with E-state index in [1.807, 2.05) is 35.2 Å². The van der Waals surface area contributed by atoms with Crippen LogP contribution in [0.4, 0.5) is 15.8 Å². The van der Waals surface area contributed by atoms with E-state index < -0.39 is 0 Å². The van der Waals surface area contributed by atoms with E-state index in [9.17, 15) is 14.0 Å². The van der Waals surface area contributed by atoms with Gasteiger partial charge in [0.2, 0.25) is 5.91 Å². The summed E-state index contributed by atoms with van der Waals surface area (Å²) in [6.45, 7) is 2.09. The van der Waals surface area contributed by atoms with E-state index in [-0.39, 0.29) is 23.0 Å². The van der Waals surface area contributed by atoms with Crippen LogP contribution in [0.2, 0.25) is 0 Å². The summed E-state index contributed by atoms with van der Waals surface area (Å²) in [5.41, 5.74) is 4.00. The smallest absolute Gasteiger partial charge is 0.255 e. The van der Waals surface area contributed by atoms with E-state index in [4.69, 9.17) is 0 Å². The fraction of sp³-hybridized carbons (Fsp3) is 0.167. The summed E-state index contributed by atoms with van der Waals surface area (Å²) < 4.78 is 13.1. The number of rotatable bonds is 5. The SMILES string of the molecule is CCc1cccc(N2C(=O)CS[C@H]2c2cccc(NC(=O)c3ccc(F)cc3)c2)c1. The molecule has 1 aliphatic rings. The summed E-state index contributed by atoms with van der Waals surface area (Å²) in [7, 11) is 0. The van der Waals surface area contributed by atoms with Crippen molar-refractivity contribution in [3.05, 3.63) is 95.3 Å². The molecule has 152 valence electrons. The van der Waals surface area contributed by atoms with Crippen molar-refractivity contribution < 1.29 is 14.0 Å². The molecule has 1 fully saturated rings. The molecule has 0 aromatic heterocycles. The molecule has 2 amide bonds. The molecule has 4 rings (SSSR count). The van der Waals surface area contributed by atoms with E-state index in [1.165, 1.54) is 29.8 Å². The maximum absolute atomic E-state index is 13.1. The normalized spacial score (nSPS) is 16.0. The fourth-order valence-corrected chi connectivity index (χ4v) is 4.62. The van der Waals surface area contributed by atoms with Gasteiger partial charge >= 0.3 is 0 Å². The number of thioether (sulfide) groups is 1. The van der Waals surface area contributed by atoms with Crippen LogP contribution in [-0.4, -0.2) is 17.6 Å². The van der Waals surface area contributed by atoms with Crippen LogP contribution in [0.5, 0.6) is 0 Å². The largest absolute Gasteiger partial charge is 0.322 e. The molecule has 0 spiro atoms. The van der Waals surface area contributed by atoms with Crippen molar-refractivity contribution >= 4 is 35.0 Å². The Bertz CT molecular complexity index is 1080. The van der Waals surface area contributed by atoms with Crippen LogP contribution in [0.25, 0.3) is 0 Å². The Labute approximate surface area is 179 Å². The second-order valence-corrected chi connectivity index (χ2v) is 8.11. The summed E-state index contributed by atoms with van der Waals surface area (Å²) in [6.07, 6.45) is 0.901. The van der Waals surface area contributed by atoms with Crippen molar-refractivity contribution in [3.8, 4) is 0 Å². The minimum Gasteiger partial charge on any atom is -0.322 e. The van der Waals surface area contributed by atoms with E-state index in [0.29, 0.717) is 17.0 Å². The monoisotopic (exact) mass is 420 g/mol. The number of aryl methyl sites for hydroxylation is 1. The third kappa shape index (κ3) is 4.24. The highest BCUT2D eigenvalue weighted by molar-refractivity contribution is 8.00. The Kier molecular flexibility index (Phi) is 5.86. The van der Waals surface area contributed by atoms with Gasteiger partial charge in [-0.05, 0) is 66.1 Å². The molecule has 0 radical (unpaired) electrons. The molecule has 1 saturated heterocycles. The van der Waals surface area contributed by atoms with Crippen molar-refractivity contribution in [1.82, 2.24) is 0 Å². The highest BCUT2D eigenvalue weighted by Gasteiger charge is 2.34. The second-order valence-electron chi connectivity index (χ2n) is 7.04. The van der Waals surface area contributed by atoms with Gasteiger partial charge < -0.3 is 5.32 Å². The van der Waals surface area contributed by atoms with Gasteiger partial charge in [0.05, 0.1) is 5.75 Å². The maximum atomic E-state index is 13.1. The van der Waals surface area contributed by atoms with Crippen molar-refractivity contribution in [3.63, 3.8) is 0 Å². The standard InChI is InChI=1S/C24H21FN2O2S/c1-2-16-5-3-8-21(13-16)27-22(28)15-30-24(27)18-6-4-7-20(14-18)26-23(29)17-9-11-19(25)12-10-17/h3-14,24H,2,15H2,1H3,(H,26,29)/t24-/m0/s1. The van der Waals surface area contributed by atoms with Gasteiger partial charge in [0.15, 0.2) is 0 Å². The molecule has 30 heavy (non-hydrogen) atoms. The summed E-state index contributed by atoms with van der Waals surface area (Å²) in [5.74, 6) is -0.217. The molecule has 0 unspecified atom stereocenters. The predicted octanol–water partition coefficient (Wildman–Crippen LogP) is 5.42. The topological polar surface area (TPSA) is 49.4 Å². The van der Waals surface area contributed by atoms with Crippen LogP contribution in [0.15, 0.2) is 72.8 Å². The number of anilines is 2. The van der Waals surface area contributed by atoms with Gasteiger partial charge in [-0.3, -0.25) is 14.5 Å². The number of benzene rings is 3. The first-order valence-corrected chi connectivity index (χ1v) is 10.8. The number of halogens is 1. The zero-order valence-electron chi connectivity index (χ0n) is 16.5. The zero-order valence-corrected chi connectivity index (χ0v) is 17.3. The summed E-state index contributed by atoms with van der Waals surface area (Å²) in [6, 6.07) is 20.9. The molecule has 0 aliphatic carbocycles. The van der Waals surface area contributed by atoms with Gasteiger partial charge in [-0.1, -0.05) is 31.2 Å². The number of hydrogen-bond donors (Lipinski definition) is 1. The minimum absolute atomic E-state index is 0.0685. The van der Waals surface area contributed by atoms with E-state index in [0.717, 1.165) is 17.7 Å². The van der Waals surface area contributed by atoms with Crippen LogP contribution in [-0.2, 0) is 11.2 Å². The molecular formula is C24H21FN2O2S. The molecule has 3 aromatic rings. The number of carbonyl (C=O) groups is 2. The fourth-order valence-electron chi connectivity index (χ4n) is 3.45. The molecule has 1 aliphatic heterocycles. The van der Waals surface area contributed by atoms with Gasteiger partial charge in [-0.25, -0.2) is 4.39 Å². The second kappa shape index (κ2) is 8.71. The molecule has 4 nitrogen and oxygen atoms in total.